The molecule has 4 nitrogen and oxygen atoms in total. The highest BCUT2D eigenvalue weighted by Gasteiger charge is 2.26. The van der Waals surface area contributed by atoms with Crippen LogP contribution in [0.4, 0.5) is 5.13 Å². The predicted molar refractivity (Wildman–Crippen MR) is 85.2 cm³/mol. The number of nitrogens with one attached hydrogen (secondary N) is 1. The van der Waals surface area contributed by atoms with Gasteiger partial charge in [-0.05, 0) is 24.9 Å². The maximum absolute atomic E-state index is 11.0. The Morgan fingerprint density at radius 1 is 1.43 bits per heavy atom. The van der Waals surface area contributed by atoms with Crippen LogP contribution in [-0.4, -0.2) is 22.3 Å². The number of carbonyl (C=O) groups excluding carboxylic acids is 1. The first kappa shape index (κ1) is 14.2. The fourth-order valence-corrected chi connectivity index (χ4v) is 3.61. The molecule has 0 aliphatic carbocycles. The Hall–Kier alpha value is -1.72. The summed E-state index contributed by atoms with van der Waals surface area (Å²) >= 11 is 1.49. The van der Waals surface area contributed by atoms with Crippen LogP contribution in [-0.2, 0) is 11.3 Å². The zero-order valence-electron chi connectivity index (χ0n) is 12.1. The highest BCUT2D eigenvalue weighted by atomic mass is 32.1. The van der Waals surface area contributed by atoms with Crippen LogP contribution in [0.5, 0.6) is 0 Å². The Balaban J connectivity index is 1.69. The average molecular weight is 301 g/mol. The Labute approximate surface area is 128 Å². The standard InChI is InChI=1S/C16H19N3OS/c1-12(20)17-16-18-14(11-21-16)10-19-9-5-8-15(19)13-6-3-2-4-7-13/h2-4,6-7,11,15H,5,8-10H2,1H3,(H,17,18,20). The molecule has 1 amide bonds. The summed E-state index contributed by atoms with van der Waals surface area (Å²) in [7, 11) is 0. The fourth-order valence-electron chi connectivity index (χ4n) is 2.86. The molecule has 1 fully saturated rings. The predicted octanol–water partition coefficient (Wildman–Crippen LogP) is 3.44. The van der Waals surface area contributed by atoms with Gasteiger partial charge < -0.3 is 5.32 Å². The van der Waals surface area contributed by atoms with E-state index in [1.165, 1.54) is 36.7 Å². The highest BCUT2D eigenvalue weighted by Crippen LogP contribution is 2.33. The minimum atomic E-state index is -0.0702. The molecule has 1 atom stereocenters. The Kier molecular flexibility index (Phi) is 4.31. The third-order valence-corrected chi connectivity index (χ3v) is 4.55. The van der Waals surface area contributed by atoms with Crippen molar-refractivity contribution in [3.8, 4) is 0 Å². The molecule has 2 aromatic rings. The quantitative estimate of drug-likeness (QED) is 0.941. The molecule has 1 N–H and O–H groups in total. The Morgan fingerprint density at radius 3 is 3.00 bits per heavy atom. The summed E-state index contributed by atoms with van der Waals surface area (Å²) in [6.07, 6.45) is 2.43. The number of amides is 1. The summed E-state index contributed by atoms with van der Waals surface area (Å²) in [4.78, 5) is 18.0. The van der Waals surface area contributed by atoms with Gasteiger partial charge in [0, 0.05) is 24.9 Å². The molecule has 0 saturated carbocycles. The maximum atomic E-state index is 11.0. The van der Waals surface area contributed by atoms with Gasteiger partial charge in [-0.2, -0.15) is 0 Å². The first-order valence-electron chi connectivity index (χ1n) is 7.23. The van der Waals surface area contributed by atoms with Crippen molar-refractivity contribution in [1.82, 2.24) is 9.88 Å². The van der Waals surface area contributed by atoms with Gasteiger partial charge in [-0.3, -0.25) is 9.69 Å². The van der Waals surface area contributed by atoms with Gasteiger partial charge in [0.25, 0.3) is 0 Å². The SMILES string of the molecule is CC(=O)Nc1nc(CN2CCCC2c2ccccc2)cs1. The largest absolute Gasteiger partial charge is 0.302 e. The number of anilines is 1. The second kappa shape index (κ2) is 6.37. The van der Waals surface area contributed by atoms with E-state index in [0.29, 0.717) is 11.2 Å². The molecular formula is C16H19N3OS. The van der Waals surface area contributed by atoms with Crippen molar-refractivity contribution in [1.29, 1.82) is 0 Å². The number of benzene rings is 1. The van der Waals surface area contributed by atoms with Crippen LogP contribution in [0, 0.1) is 0 Å². The van der Waals surface area contributed by atoms with Crippen LogP contribution >= 0.6 is 11.3 Å². The fraction of sp³-hybridized carbons (Fsp3) is 0.375. The number of carbonyl (C=O) groups is 1. The molecule has 1 aromatic heterocycles. The van der Waals surface area contributed by atoms with E-state index in [9.17, 15) is 4.79 Å². The lowest BCUT2D eigenvalue weighted by molar-refractivity contribution is -0.114. The van der Waals surface area contributed by atoms with Gasteiger partial charge in [-0.25, -0.2) is 4.98 Å². The third-order valence-electron chi connectivity index (χ3n) is 3.75. The van der Waals surface area contributed by atoms with E-state index in [1.54, 1.807) is 0 Å². The average Bonchev–Trinajstić information content (AvgIpc) is 3.09. The van der Waals surface area contributed by atoms with Crippen molar-refractivity contribution >= 4 is 22.4 Å². The third kappa shape index (κ3) is 3.49. The lowest BCUT2D eigenvalue weighted by Gasteiger charge is -2.23. The van der Waals surface area contributed by atoms with E-state index in [0.717, 1.165) is 18.8 Å². The first-order chi connectivity index (χ1) is 10.2. The zero-order valence-corrected chi connectivity index (χ0v) is 12.9. The smallest absolute Gasteiger partial charge is 0.223 e. The number of aromatic nitrogens is 1. The van der Waals surface area contributed by atoms with Crippen LogP contribution < -0.4 is 5.32 Å². The molecule has 1 aliphatic rings. The van der Waals surface area contributed by atoms with Crippen molar-refractivity contribution in [2.45, 2.75) is 32.4 Å². The van der Waals surface area contributed by atoms with E-state index < -0.39 is 0 Å². The number of rotatable bonds is 4. The molecular weight excluding hydrogens is 282 g/mol. The lowest BCUT2D eigenvalue weighted by Crippen LogP contribution is -2.22. The van der Waals surface area contributed by atoms with Gasteiger partial charge in [0.15, 0.2) is 5.13 Å². The van der Waals surface area contributed by atoms with Gasteiger partial charge in [-0.15, -0.1) is 11.3 Å². The summed E-state index contributed by atoms with van der Waals surface area (Å²) < 4.78 is 0. The molecule has 1 aromatic carbocycles. The van der Waals surface area contributed by atoms with Crippen LogP contribution in [0.25, 0.3) is 0 Å². The Bertz CT molecular complexity index is 611. The minimum Gasteiger partial charge on any atom is -0.302 e. The number of nitrogens with zero attached hydrogens (tertiary/aromatic N) is 2. The van der Waals surface area contributed by atoms with Gasteiger partial charge in [0.2, 0.25) is 5.91 Å². The molecule has 0 radical (unpaired) electrons. The Morgan fingerprint density at radius 2 is 2.24 bits per heavy atom. The molecule has 1 aliphatic heterocycles. The second-order valence-corrected chi connectivity index (χ2v) is 6.22. The van der Waals surface area contributed by atoms with E-state index in [4.69, 9.17) is 0 Å². The van der Waals surface area contributed by atoms with E-state index >= 15 is 0 Å². The summed E-state index contributed by atoms with van der Waals surface area (Å²) in [6, 6.07) is 11.1. The number of likely N-dealkylation sites (tertiary alicyclic amines) is 1. The monoisotopic (exact) mass is 301 g/mol. The normalized spacial score (nSPS) is 18.8. The molecule has 1 unspecified atom stereocenters. The number of hydrogen-bond donors (Lipinski definition) is 1. The van der Waals surface area contributed by atoms with Crippen molar-refractivity contribution < 1.29 is 4.79 Å². The van der Waals surface area contributed by atoms with Crippen molar-refractivity contribution in [3.05, 3.63) is 47.0 Å². The van der Waals surface area contributed by atoms with E-state index in [1.807, 2.05) is 5.38 Å². The number of thiazole rings is 1. The van der Waals surface area contributed by atoms with Crippen molar-refractivity contribution in [2.75, 3.05) is 11.9 Å². The summed E-state index contributed by atoms with van der Waals surface area (Å²) in [5.74, 6) is -0.0702. The van der Waals surface area contributed by atoms with Gasteiger partial charge in [-0.1, -0.05) is 30.3 Å². The summed E-state index contributed by atoms with van der Waals surface area (Å²) in [6.45, 7) is 3.45. The molecule has 0 bridgehead atoms. The molecule has 1 saturated heterocycles. The van der Waals surface area contributed by atoms with Crippen molar-refractivity contribution in [3.63, 3.8) is 0 Å². The molecule has 2 heterocycles. The molecule has 3 rings (SSSR count). The second-order valence-electron chi connectivity index (χ2n) is 5.36. The molecule has 110 valence electrons. The summed E-state index contributed by atoms with van der Waals surface area (Å²) in [5, 5.41) is 5.46. The topological polar surface area (TPSA) is 45.2 Å². The summed E-state index contributed by atoms with van der Waals surface area (Å²) in [5.41, 5.74) is 2.42. The minimum absolute atomic E-state index is 0.0702. The van der Waals surface area contributed by atoms with E-state index in [2.05, 4.69) is 45.5 Å². The molecule has 0 spiro atoms. The lowest BCUT2D eigenvalue weighted by atomic mass is 10.0. The highest BCUT2D eigenvalue weighted by molar-refractivity contribution is 7.13. The van der Waals surface area contributed by atoms with Crippen LogP contribution in [0.15, 0.2) is 35.7 Å². The van der Waals surface area contributed by atoms with Gasteiger partial charge >= 0.3 is 0 Å². The maximum Gasteiger partial charge on any atom is 0.223 e. The van der Waals surface area contributed by atoms with Gasteiger partial charge in [0.05, 0.1) is 5.69 Å². The number of hydrogen-bond acceptors (Lipinski definition) is 4. The first-order valence-corrected chi connectivity index (χ1v) is 8.11. The van der Waals surface area contributed by atoms with Crippen LogP contribution in [0.3, 0.4) is 0 Å². The van der Waals surface area contributed by atoms with E-state index in [-0.39, 0.29) is 5.91 Å². The van der Waals surface area contributed by atoms with Gasteiger partial charge in [0.1, 0.15) is 0 Å². The molecule has 21 heavy (non-hydrogen) atoms. The molecule has 5 heteroatoms. The van der Waals surface area contributed by atoms with Crippen LogP contribution in [0.2, 0.25) is 0 Å². The van der Waals surface area contributed by atoms with Crippen molar-refractivity contribution in [2.24, 2.45) is 0 Å². The zero-order chi connectivity index (χ0) is 14.7. The van der Waals surface area contributed by atoms with Crippen LogP contribution in [0.1, 0.15) is 37.1 Å².